The Bertz CT molecular complexity index is 385. The topological polar surface area (TPSA) is 50.2 Å². The smallest absolute Gasteiger partial charge is 0.306 e. The Kier molecular flexibility index (Phi) is 5.37. The van der Waals surface area contributed by atoms with Gasteiger partial charge in [-0.05, 0) is 49.7 Å². The van der Waals surface area contributed by atoms with Crippen molar-refractivity contribution in [3.05, 3.63) is 30.1 Å². The molecule has 1 aromatic heterocycles. The van der Waals surface area contributed by atoms with E-state index >= 15 is 0 Å². The number of hydrogen-bond donors (Lipinski definition) is 1. The molecule has 104 valence electrons. The van der Waals surface area contributed by atoms with Crippen LogP contribution in [0.4, 0.5) is 0 Å². The maximum atomic E-state index is 11.4. The van der Waals surface area contributed by atoms with Gasteiger partial charge in [-0.15, -0.1) is 0 Å². The summed E-state index contributed by atoms with van der Waals surface area (Å²) in [5.74, 6) is -0.338. The molecule has 0 radical (unpaired) electrons. The fourth-order valence-corrected chi connectivity index (χ4v) is 3.17. The van der Waals surface area contributed by atoms with Gasteiger partial charge in [0, 0.05) is 12.4 Å². The Hall–Kier alpha value is -1.38. The Morgan fingerprint density at radius 1 is 1.37 bits per heavy atom. The van der Waals surface area contributed by atoms with Crippen LogP contribution in [0.5, 0.6) is 0 Å². The van der Waals surface area contributed by atoms with Crippen LogP contribution < -0.4 is 0 Å². The fraction of sp³-hybridized carbons (Fsp3) is 0.625. The number of aryl methyl sites for hydroxylation is 1. The Morgan fingerprint density at radius 2 is 2.16 bits per heavy atom. The molecule has 3 nitrogen and oxygen atoms in total. The molecule has 0 aromatic carbocycles. The van der Waals surface area contributed by atoms with Crippen molar-refractivity contribution in [2.45, 2.75) is 51.4 Å². The molecule has 0 amide bonds. The van der Waals surface area contributed by atoms with Crippen molar-refractivity contribution in [2.75, 3.05) is 0 Å². The molecule has 0 aliphatic heterocycles. The van der Waals surface area contributed by atoms with Gasteiger partial charge < -0.3 is 5.11 Å². The highest BCUT2D eigenvalue weighted by molar-refractivity contribution is 5.70. The molecule has 2 rings (SSSR count). The number of carboxylic acids is 1. The summed E-state index contributed by atoms with van der Waals surface area (Å²) in [6.07, 6.45) is 12.2. The number of rotatable bonds is 6. The van der Waals surface area contributed by atoms with Gasteiger partial charge in [-0.3, -0.25) is 9.78 Å². The number of aromatic nitrogens is 1. The lowest BCUT2D eigenvalue weighted by molar-refractivity contribution is -0.144. The molecule has 3 heteroatoms. The summed E-state index contributed by atoms with van der Waals surface area (Å²) in [5.41, 5.74) is 1.20. The summed E-state index contributed by atoms with van der Waals surface area (Å²) < 4.78 is 0. The van der Waals surface area contributed by atoms with Crippen molar-refractivity contribution in [2.24, 2.45) is 11.8 Å². The van der Waals surface area contributed by atoms with Crippen LogP contribution in [0.15, 0.2) is 24.5 Å². The van der Waals surface area contributed by atoms with Gasteiger partial charge in [0.15, 0.2) is 0 Å². The number of aliphatic carboxylic acids is 1. The van der Waals surface area contributed by atoms with E-state index in [9.17, 15) is 9.90 Å². The molecule has 1 aromatic rings. The zero-order chi connectivity index (χ0) is 13.5. The Balaban J connectivity index is 1.82. The zero-order valence-corrected chi connectivity index (χ0v) is 11.4. The van der Waals surface area contributed by atoms with E-state index in [-0.39, 0.29) is 5.92 Å². The minimum Gasteiger partial charge on any atom is -0.481 e. The standard InChI is InChI=1S/C16H23NO2/c18-16(19)15(14-8-2-1-3-9-14)10-4-6-13-7-5-11-17-12-13/h5,7,11-12,14-15H,1-4,6,8-10H2,(H,18,19)/t15-/m1/s1. The summed E-state index contributed by atoms with van der Waals surface area (Å²) in [5, 5.41) is 9.41. The average Bonchev–Trinajstić information content (AvgIpc) is 2.45. The quantitative estimate of drug-likeness (QED) is 0.849. The van der Waals surface area contributed by atoms with Crippen molar-refractivity contribution < 1.29 is 9.90 Å². The second-order valence-electron chi connectivity index (χ2n) is 5.60. The first-order valence-electron chi connectivity index (χ1n) is 7.39. The lowest BCUT2D eigenvalue weighted by Crippen LogP contribution is -2.25. The molecular weight excluding hydrogens is 238 g/mol. The molecule has 1 aliphatic rings. The number of carbonyl (C=O) groups is 1. The van der Waals surface area contributed by atoms with Crippen molar-refractivity contribution in [1.82, 2.24) is 4.98 Å². The van der Waals surface area contributed by atoms with Gasteiger partial charge >= 0.3 is 5.97 Å². The van der Waals surface area contributed by atoms with E-state index in [4.69, 9.17) is 0 Å². The van der Waals surface area contributed by atoms with Crippen LogP contribution >= 0.6 is 0 Å². The molecule has 19 heavy (non-hydrogen) atoms. The van der Waals surface area contributed by atoms with Crippen molar-refractivity contribution in [3.63, 3.8) is 0 Å². The maximum absolute atomic E-state index is 11.4. The van der Waals surface area contributed by atoms with Crippen LogP contribution in [0, 0.1) is 11.8 Å². The Labute approximate surface area is 115 Å². The normalized spacial score (nSPS) is 18.1. The molecule has 1 saturated carbocycles. The van der Waals surface area contributed by atoms with Crippen LogP contribution in [0.25, 0.3) is 0 Å². The molecule has 0 spiro atoms. The van der Waals surface area contributed by atoms with Gasteiger partial charge in [-0.2, -0.15) is 0 Å². The minimum absolute atomic E-state index is 0.142. The van der Waals surface area contributed by atoms with Gasteiger partial charge in [0.05, 0.1) is 5.92 Å². The summed E-state index contributed by atoms with van der Waals surface area (Å²) in [7, 11) is 0. The molecule has 1 aliphatic carbocycles. The summed E-state index contributed by atoms with van der Waals surface area (Å²) >= 11 is 0. The zero-order valence-electron chi connectivity index (χ0n) is 11.4. The van der Waals surface area contributed by atoms with E-state index in [1.54, 1.807) is 6.20 Å². The Morgan fingerprint density at radius 3 is 2.79 bits per heavy atom. The first-order valence-corrected chi connectivity index (χ1v) is 7.39. The van der Waals surface area contributed by atoms with Crippen LogP contribution in [0.1, 0.15) is 50.5 Å². The molecular formula is C16H23NO2. The predicted octanol–water partition coefficient (Wildman–Crippen LogP) is 3.69. The maximum Gasteiger partial charge on any atom is 0.306 e. The molecule has 1 atom stereocenters. The van der Waals surface area contributed by atoms with Crippen LogP contribution in [-0.2, 0) is 11.2 Å². The summed E-state index contributed by atoms with van der Waals surface area (Å²) in [4.78, 5) is 15.5. The second kappa shape index (κ2) is 7.27. The third-order valence-corrected chi connectivity index (χ3v) is 4.24. The lowest BCUT2D eigenvalue weighted by Gasteiger charge is -2.27. The van der Waals surface area contributed by atoms with Crippen molar-refractivity contribution in [1.29, 1.82) is 0 Å². The monoisotopic (exact) mass is 261 g/mol. The van der Waals surface area contributed by atoms with E-state index in [2.05, 4.69) is 11.1 Å². The van der Waals surface area contributed by atoms with Crippen molar-refractivity contribution >= 4 is 5.97 Å². The molecule has 0 saturated heterocycles. The molecule has 1 fully saturated rings. The van der Waals surface area contributed by atoms with Gasteiger partial charge in [0.2, 0.25) is 0 Å². The van der Waals surface area contributed by atoms with Gasteiger partial charge in [0.25, 0.3) is 0 Å². The average molecular weight is 261 g/mol. The predicted molar refractivity (Wildman–Crippen MR) is 74.9 cm³/mol. The molecule has 0 bridgehead atoms. The van der Waals surface area contributed by atoms with Crippen LogP contribution in [0.3, 0.4) is 0 Å². The highest BCUT2D eigenvalue weighted by Crippen LogP contribution is 2.32. The van der Waals surface area contributed by atoms with E-state index in [1.165, 1.54) is 24.8 Å². The number of pyridine rings is 1. The third-order valence-electron chi connectivity index (χ3n) is 4.24. The van der Waals surface area contributed by atoms with Crippen LogP contribution in [-0.4, -0.2) is 16.1 Å². The van der Waals surface area contributed by atoms with Crippen LogP contribution in [0.2, 0.25) is 0 Å². The molecule has 1 N–H and O–H groups in total. The molecule has 0 unspecified atom stereocenters. The van der Waals surface area contributed by atoms with Gasteiger partial charge in [0.1, 0.15) is 0 Å². The van der Waals surface area contributed by atoms with E-state index < -0.39 is 5.97 Å². The van der Waals surface area contributed by atoms with E-state index in [0.717, 1.165) is 32.1 Å². The van der Waals surface area contributed by atoms with Gasteiger partial charge in [-0.1, -0.05) is 25.3 Å². The number of carboxylic acid groups (broad SMARTS) is 1. The third kappa shape index (κ3) is 4.34. The highest BCUT2D eigenvalue weighted by Gasteiger charge is 2.28. The SMILES string of the molecule is O=C(O)[C@H](CCCc1cccnc1)C1CCCCC1. The van der Waals surface area contributed by atoms with Gasteiger partial charge in [-0.25, -0.2) is 0 Å². The number of hydrogen-bond acceptors (Lipinski definition) is 2. The van der Waals surface area contributed by atoms with Crippen molar-refractivity contribution in [3.8, 4) is 0 Å². The number of nitrogens with zero attached hydrogens (tertiary/aromatic N) is 1. The first kappa shape index (κ1) is 14.0. The van der Waals surface area contributed by atoms with E-state index in [1.807, 2.05) is 12.3 Å². The largest absolute Gasteiger partial charge is 0.481 e. The minimum atomic E-state index is -0.599. The highest BCUT2D eigenvalue weighted by atomic mass is 16.4. The molecule has 1 heterocycles. The fourth-order valence-electron chi connectivity index (χ4n) is 3.17. The summed E-state index contributed by atoms with van der Waals surface area (Å²) in [6, 6.07) is 3.99. The first-order chi connectivity index (χ1) is 9.27. The lowest BCUT2D eigenvalue weighted by atomic mass is 9.78. The van der Waals surface area contributed by atoms with E-state index in [0.29, 0.717) is 5.92 Å². The summed E-state index contributed by atoms with van der Waals surface area (Å²) in [6.45, 7) is 0. The second-order valence-corrected chi connectivity index (χ2v) is 5.60.